The second-order valence-electron chi connectivity index (χ2n) is 7.92. The Morgan fingerprint density at radius 2 is 0.930 bits per heavy atom. The number of aldehydes is 1. The van der Waals surface area contributed by atoms with Crippen LogP contribution in [0.5, 0.6) is 46.0 Å². The van der Waals surface area contributed by atoms with Crippen LogP contribution >= 0.6 is 0 Å². The average molecular weight is 600 g/mol. The molecular weight excluding hydrogens is 576 g/mol. The standard InChI is InChI=1S/3C7H6O4.C7H6O3/c8-5-1-4(7(10)11)2-6(9)3-5;8-4-1-2-6(9)5(3-4)7(10)11;8-5-2-1-4(7(10)11)3-6(5)9;8-4-5-1-2-6(9)7(10)3-5/h3*1-3,8-9H,(H,10,11);1-4,9-10H. The van der Waals surface area contributed by atoms with E-state index in [0.29, 0.717) is 11.8 Å². The third-order valence-electron chi connectivity index (χ3n) is 4.72. The van der Waals surface area contributed by atoms with E-state index in [1.54, 1.807) is 0 Å². The SMILES string of the molecule is O=C(O)c1cc(O)cc(O)c1.O=C(O)c1cc(O)ccc1O.O=C(O)c1ccc(O)c(O)c1.O=Cc1ccc(O)c(O)c1. The van der Waals surface area contributed by atoms with Gasteiger partial charge in [-0.05, 0) is 66.7 Å². The summed E-state index contributed by atoms with van der Waals surface area (Å²) in [5.74, 6) is -5.88. The van der Waals surface area contributed by atoms with Crippen LogP contribution in [0.15, 0.2) is 72.8 Å². The second kappa shape index (κ2) is 15.8. The molecule has 0 aliphatic carbocycles. The lowest BCUT2D eigenvalue weighted by atomic mass is 10.2. The summed E-state index contributed by atoms with van der Waals surface area (Å²) in [7, 11) is 0. The molecule has 11 N–H and O–H groups in total. The zero-order valence-electron chi connectivity index (χ0n) is 21.6. The Balaban J connectivity index is 0.000000287. The maximum absolute atomic E-state index is 10.3. The van der Waals surface area contributed by atoms with Gasteiger partial charge in [0, 0.05) is 11.6 Å². The van der Waals surface area contributed by atoms with E-state index >= 15 is 0 Å². The summed E-state index contributed by atoms with van der Waals surface area (Å²) in [6.07, 6.45) is 0.596. The highest BCUT2D eigenvalue weighted by Crippen LogP contribution is 2.25. The van der Waals surface area contributed by atoms with Gasteiger partial charge in [0.1, 0.15) is 34.8 Å². The predicted molar refractivity (Wildman–Crippen MR) is 145 cm³/mol. The van der Waals surface area contributed by atoms with Crippen molar-refractivity contribution in [3.63, 3.8) is 0 Å². The molecule has 0 radical (unpaired) electrons. The minimum absolute atomic E-state index is 0.0553. The van der Waals surface area contributed by atoms with Crippen molar-refractivity contribution in [2.75, 3.05) is 0 Å². The maximum Gasteiger partial charge on any atom is 0.339 e. The molecule has 0 saturated heterocycles. The summed E-state index contributed by atoms with van der Waals surface area (Å²) in [4.78, 5) is 40.9. The van der Waals surface area contributed by atoms with Crippen molar-refractivity contribution < 1.29 is 75.3 Å². The molecule has 0 aliphatic heterocycles. The lowest BCUT2D eigenvalue weighted by molar-refractivity contribution is 0.0683. The largest absolute Gasteiger partial charge is 0.508 e. The van der Waals surface area contributed by atoms with Gasteiger partial charge in [-0.25, -0.2) is 14.4 Å². The van der Waals surface area contributed by atoms with Crippen LogP contribution in [0.1, 0.15) is 41.4 Å². The number of carboxylic acids is 3. The van der Waals surface area contributed by atoms with Crippen molar-refractivity contribution in [2.45, 2.75) is 0 Å². The van der Waals surface area contributed by atoms with Gasteiger partial charge in [-0.1, -0.05) is 0 Å². The van der Waals surface area contributed by atoms with Crippen LogP contribution in [-0.2, 0) is 0 Å². The van der Waals surface area contributed by atoms with Gasteiger partial charge >= 0.3 is 17.9 Å². The van der Waals surface area contributed by atoms with E-state index < -0.39 is 23.7 Å². The molecular formula is C28H24O15. The highest BCUT2D eigenvalue weighted by molar-refractivity contribution is 5.91. The molecule has 0 saturated carbocycles. The number of benzene rings is 4. The minimum Gasteiger partial charge on any atom is -0.508 e. The lowest BCUT2D eigenvalue weighted by Crippen LogP contribution is -1.95. The predicted octanol–water partition coefficient (Wildman–Crippen LogP) is 3.30. The Hall–Kier alpha value is -6.64. The molecule has 15 heteroatoms. The fourth-order valence-corrected chi connectivity index (χ4v) is 2.68. The van der Waals surface area contributed by atoms with Crippen molar-refractivity contribution in [3.05, 3.63) is 95.1 Å². The molecule has 4 aromatic rings. The number of aromatic carboxylic acids is 3. The number of carbonyl (C=O) groups is 4. The zero-order valence-corrected chi connectivity index (χ0v) is 21.6. The molecule has 226 valence electrons. The normalized spacial score (nSPS) is 9.40. The summed E-state index contributed by atoms with van der Waals surface area (Å²) >= 11 is 0. The number of carbonyl (C=O) groups excluding carboxylic acids is 1. The Labute approximate surface area is 240 Å². The molecule has 0 amide bonds. The minimum atomic E-state index is -1.27. The highest BCUT2D eigenvalue weighted by atomic mass is 16.4. The molecule has 4 aromatic carbocycles. The van der Waals surface area contributed by atoms with Crippen molar-refractivity contribution >= 4 is 24.2 Å². The number of hydrogen-bond donors (Lipinski definition) is 11. The summed E-state index contributed by atoms with van der Waals surface area (Å²) in [6.45, 7) is 0. The van der Waals surface area contributed by atoms with Gasteiger partial charge in [-0.3, -0.25) is 4.79 Å². The van der Waals surface area contributed by atoms with Crippen LogP contribution in [0.25, 0.3) is 0 Å². The lowest BCUT2D eigenvalue weighted by Gasteiger charge is -1.98. The first-order valence-corrected chi connectivity index (χ1v) is 11.3. The number of phenols is 8. The van der Waals surface area contributed by atoms with Gasteiger partial charge in [0.25, 0.3) is 0 Å². The molecule has 0 spiro atoms. The van der Waals surface area contributed by atoms with Crippen molar-refractivity contribution in [1.82, 2.24) is 0 Å². The first-order valence-electron chi connectivity index (χ1n) is 11.3. The molecule has 0 heterocycles. The monoisotopic (exact) mass is 600 g/mol. The Morgan fingerprint density at radius 3 is 1.35 bits per heavy atom. The van der Waals surface area contributed by atoms with Crippen LogP contribution in [0.4, 0.5) is 0 Å². The first-order chi connectivity index (χ1) is 20.0. The molecule has 43 heavy (non-hydrogen) atoms. The smallest absolute Gasteiger partial charge is 0.339 e. The number of hydrogen-bond acceptors (Lipinski definition) is 12. The van der Waals surface area contributed by atoms with Crippen LogP contribution in [-0.4, -0.2) is 80.4 Å². The van der Waals surface area contributed by atoms with Crippen molar-refractivity contribution in [2.24, 2.45) is 0 Å². The molecule has 0 bridgehead atoms. The van der Waals surface area contributed by atoms with Crippen molar-refractivity contribution in [3.8, 4) is 46.0 Å². The highest BCUT2D eigenvalue weighted by Gasteiger charge is 2.09. The van der Waals surface area contributed by atoms with E-state index in [-0.39, 0.29) is 56.9 Å². The molecule has 0 aromatic heterocycles. The molecule has 15 nitrogen and oxygen atoms in total. The molecule has 0 fully saturated rings. The van der Waals surface area contributed by atoms with E-state index in [1.807, 2.05) is 0 Å². The zero-order chi connectivity index (χ0) is 32.9. The number of aromatic hydroxyl groups is 8. The summed E-state index contributed by atoms with van der Waals surface area (Å²) in [6, 6.07) is 13.7. The third kappa shape index (κ3) is 11.6. The van der Waals surface area contributed by atoms with Crippen LogP contribution < -0.4 is 0 Å². The van der Waals surface area contributed by atoms with E-state index in [2.05, 4.69) is 0 Å². The van der Waals surface area contributed by atoms with E-state index in [0.717, 1.165) is 42.5 Å². The van der Waals surface area contributed by atoms with E-state index in [4.69, 9.17) is 56.2 Å². The van der Waals surface area contributed by atoms with E-state index in [9.17, 15) is 19.2 Å². The van der Waals surface area contributed by atoms with Gasteiger partial charge in [0.05, 0.1) is 11.1 Å². The number of carboxylic acid groups (broad SMARTS) is 3. The second-order valence-corrected chi connectivity index (χ2v) is 7.92. The molecule has 0 atom stereocenters. The topological polar surface area (TPSA) is 291 Å². The maximum atomic E-state index is 10.3. The van der Waals surface area contributed by atoms with Gasteiger partial charge < -0.3 is 56.2 Å². The molecule has 4 rings (SSSR count). The summed E-state index contributed by atoms with van der Waals surface area (Å²) in [5.41, 5.74) is -0.150. The Morgan fingerprint density at radius 1 is 0.442 bits per heavy atom. The van der Waals surface area contributed by atoms with Gasteiger partial charge in [-0.2, -0.15) is 0 Å². The van der Waals surface area contributed by atoms with Crippen LogP contribution in [0.3, 0.4) is 0 Å². The number of rotatable bonds is 4. The van der Waals surface area contributed by atoms with Gasteiger partial charge in [0.15, 0.2) is 23.0 Å². The van der Waals surface area contributed by atoms with Gasteiger partial charge in [-0.15, -0.1) is 0 Å². The Bertz CT molecular complexity index is 1590. The van der Waals surface area contributed by atoms with Gasteiger partial charge in [0.2, 0.25) is 0 Å². The molecule has 0 aliphatic rings. The Kier molecular flexibility index (Phi) is 12.7. The van der Waals surface area contributed by atoms with Crippen LogP contribution in [0.2, 0.25) is 0 Å². The van der Waals surface area contributed by atoms with Crippen molar-refractivity contribution in [1.29, 1.82) is 0 Å². The average Bonchev–Trinajstić information content (AvgIpc) is 2.93. The third-order valence-corrected chi connectivity index (χ3v) is 4.72. The van der Waals surface area contributed by atoms with Crippen LogP contribution in [0, 0.1) is 0 Å². The summed E-state index contributed by atoms with van der Waals surface area (Å²) in [5, 5.41) is 95.8. The summed E-state index contributed by atoms with van der Waals surface area (Å²) < 4.78 is 0. The quantitative estimate of drug-likeness (QED) is 0.0909. The molecule has 0 unspecified atom stereocenters. The number of phenolic OH excluding ortho intramolecular Hbond substituents is 7. The first kappa shape index (κ1) is 34.4. The fourth-order valence-electron chi connectivity index (χ4n) is 2.68. The fraction of sp³-hybridized carbons (Fsp3) is 0. The van der Waals surface area contributed by atoms with E-state index in [1.165, 1.54) is 30.3 Å².